The standard InChI is InChI=1S/C17H15FN2O/c18-13-14-6-5-7-15(12-14)17(21)20-11-4-2-9-16-8-1-3-10-19-16/h1,3,5-8,10,12H,4,11,13H2,(H,20,21). The molecule has 106 valence electrons. The molecule has 0 fully saturated rings. The maximum atomic E-state index is 12.5. The van der Waals surface area contributed by atoms with Gasteiger partial charge < -0.3 is 5.32 Å². The van der Waals surface area contributed by atoms with Gasteiger partial charge in [-0.2, -0.15) is 0 Å². The second-order valence-electron chi connectivity index (χ2n) is 4.36. The Hall–Kier alpha value is -2.67. The monoisotopic (exact) mass is 282 g/mol. The van der Waals surface area contributed by atoms with Crippen molar-refractivity contribution in [2.75, 3.05) is 6.54 Å². The number of nitrogens with one attached hydrogen (secondary N) is 1. The van der Waals surface area contributed by atoms with E-state index in [0.29, 0.717) is 29.8 Å². The lowest BCUT2D eigenvalue weighted by Gasteiger charge is -2.04. The summed E-state index contributed by atoms with van der Waals surface area (Å²) in [5.41, 5.74) is 1.67. The smallest absolute Gasteiger partial charge is 0.251 e. The van der Waals surface area contributed by atoms with Crippen LogP contribution in [0.25, 0.3) is 0 Å². The molecule has 0 bridgehead atoms. The van der Waals surface area contributed by atoms with E-state index >= 15 is 0 Å². The molecule has 1 heterocycles. The fourth-order valence-corrected chi connectivity index (χ4v) is 1.73. The van der Waals surface area contributed by atoms with Crippen LogP contribution < -0.4 is 5.32 Å². The van der Waals surface area contributed by atoms with Gasteiger partial charge in [0.25, 0.3) is 5.91 Å². The molecule has 1 N–H and O–H groups in total. The molecule has 21 heavy (non-hydrogen) atoms. The zero-order valence-electron chi connectivity index (χ0n) is 11.5. The topological polar surface area (TPSA) is 42.0 Å². The minimum absolute atomic E-state index is 0.218. The van der Waals surface area contributed by atoms with Crippen LogP contribution >= 0.6 is 0 Å². The molecule has 0 atom stereocenters. The first kappa shape index (κ1) is 14.7. The molecule has 0 radical (unpaired) electrons. The molecule has 0 unspecified atom stereocenters. The first-order valence-corrected chi connectivity index (χ1v) is 6.62. The first-order chi connectivity index (χ1) is 10.3. The van der Waals surface area contributed by atoms with E-state index in [1.54, 1.807) is 30.5 Å². The number of aromatic nitrogens is 1. The number of pyridine rings is 1. The zero-order valence-corrected chi connectivity index (χ0v) is 11.5. The molecule has 0 spiro atoms. The molecular formula is C17H15FN2O. The zero-order chi connectivity index (χ0) is 14.9. The molecule has 1 aromatic carbocycles. The summed E-state index contributed by atoms with van der Waals surface area (Å²) < 4.78 is 12.5. The van der Waals surface area contributed by atoms with E-state index in [-0.39, 0.29) is 5.91 Å². The largest absolute Gasteiger partial charge is 0.351 e. The van der Waals surface area contributed by atoms with Crippen molar-refractivity contribution in [3.05, 3.63) is 65.5 Å². The van der Waals surface area contributed by atoms with E-state index in [4.69, 9.17) is 0 Å². The quantitative estimate of drug-likeness (QED) is 0.692. The second kappa shape index (κ2) is 7.81. The molecule has 0 aliphatic rings. The highest BCUT2D eigenvalue weighted by Crippen LogP contribution is 2.06. The number of hydrogen-bond donors (Lipinski definition) is 1. The lowest BCUT2D eigenvalue weighted by molar-refractivity contribution is 0.0954. The van der Waals surface area contributed by atoms with Crippen molar-refractivity contribution >= 4 is 5.91 Å². The highest BCUT2D eigenvalue weighted by Gasteiger charge is 2.04. The molecule has 4 heteroatoms. The minimum Gasteiger partial charge on any atom is -0.351 e. The van der Waals surface area contributed by atoms with Gasteiger partial charge >= 0.3 is 0 Å². The normalized spacial score (nSPS) is 9.57. The van der Waals surface area contributed by atoms with Gasteiger partial charge in [0, 0.05) is 24.7 Å². The summed E-state index contributed by atoms with van der Waals surface area (Å²) in [6.45, 7) is -0.130. The van der Waals surface area contributed by atoms with Crippen molar-refractivity contribution in [3.8, 4) is 11.8 Å². The van der Waals surface area contributed by atoms with Gasteiger partial charge in [-0.25, -0.2) is 9.37 Å². The van der Waals surface area contributed by atoms with Crippen LogP contribution in [0, 0.1) is 11.8 Å². The number of rotatable bonds is 4. The lowest BCUT2D eigenvalue weighted by atomic mass is 10.1. The predicted molar refractivity (Wildman–Crippen MR) is 79.3 cm³/mol. The van der Waals surface area contributed by atoms with Crippen LogP contribution in [0.2, 0.25) is 0 Å². The Morgan fingerprint density at radius 2 is 2.14 bits per heavy atom. The summed E-state index contributed by atoms with van der Waals surface area (Å²) in [5, 5.41) is 2.75. The summed E-state index contributed by atoms with van der Waals surface area (Å²) in [4.78, 5) is 15.9. The van der Waals surface area contributed by atoms with Crippen LogP contribution in [0.4, 0.5) is 4.39 Å². The van der Waals surface area contributed by atoms with E-state index in [1.807, 2.05) is 18.2 Å². The van der Waals surface area contributed by atoms with E-state index in [0.717, 1.165) is 0 Å². The van der Waals surface area contributed by atoms with Crippen molar-refractivity contribution in [1.29, 1.82) is 0 Å². The number of halogens is 1. The molecule has 0 aliphatic carbocycles. The van der Waals surface area contributed by atoms with Gasteiger partial charge in [-0.05, 0) is 35.7 Å². The van der Waals surface area contributed by atoms with E-state index < -0.39 is 6.67 Å². The first-order valence-electron chi connectivity index (χ1n) is 6.62. The molecule has 1 amide bonds. The van der Waals surface area contributed by atoms with Crippen molar-refractivity contribution in [3.63, 3.8) is 0 Å². The average Bonchev–Trinajstić information content (AvgIpc) is 2.55. The molecule has 0 aliphatic heterocycles. The third-order valence-corrected chi connectivity index (χ3v) is 2.76. The Bertz CT molecular complexity index is 659. The lowest BCUT2D eigenvalue weighted by Crippen LogP contribution is -2.24. The SMILES string of the molecule is O=C(NCCC#Cc1ccccn1)c1cccc(CF)c1. The Morgan fingerprint density at radius 3 is 2.90 bits per heavy atom. The molecule has 2 aromatic rings. The third-order valence-electron chi connectivity index (χ3n) is 2.76. The van der Waals surface area contributed by atoms with Crippen molar-refractivity contribution < 1.29 is 9.18 Å². The number of amides is 1. The maximum Gasteiger partial charge on any atom is 0.251 e. The van der Waals surface area contributed by atoms with E-state index in [2.05, 4.69) is 22.1 Å². The number of benzene rings is 1. The molecule has 3 nitrogen and oxygen atoms in total. The van der Waals surface area contributed by atoms with Crippen LogP contribution in [-0.4, -0.2) is 17.4 Å². The van der Waals surface area contributed by atoms with Gasteiger partial charge in [0.2, 0.25) is 0 Å². The Kier molecular flexibility index (Phi) is 5.48. The van der Waals surface area contributed by atoms with E-state index in [9.17, 15) is 9.18 Å². The highest BCUT2D eigenvalue weighted by molar-refractivity contribution is 5.94. The fraction of sp³-hybridized carbons (Fsp3) is 0.176. The number of hydrogen-bond acceptors (Lipinski definition) is 2. The number of alkyl halides is 1. The van der Waals surface area contributed by atoms with Gasteiger partial charge in [0.05, 0.1) is 0 Å². The van der Waals surface area contributed by atoms with Gasteiger partial charge in [-0.15, -0.1) is 0 Å². The number of nitrogens with zero attached hydrogens (tertiary/aromatic N) is 1. The Morgan fingerprint density at radius 1 is 1.24 bits per heavy atom. The van der Waals surface area contributed by atoms with Crippen LogP contribution in [0.15, 0.2) is 48.7 Å². The highest BCUT2D eigenvalue weighted by atomic mass is 19.1. The van der Waals surface area contributed by atoms with E-state index in [1.165, 1.54) is 0 Å². The van der Waals surface area contributed by atoms with Gasteiger partial charge in [-0.3, -0.25) is 4.79 Å². The summed E-state index contributed by atoms with van der Waals surface area (Å²) >= 11 is 0. The van der Waals surface area contributed by atoms with Crippen LogP contribution in [0.5, 0.6) is 0 Å². The molecule has 0 saturated heterocycles. The van der Waals surface area contributed by atoms with Crippen molar-refractivity contribution in [2.24, 2.45) is 0 Å². The molecule has 0 saturated carbocycles. The van der Waals surface area contributed by atoms with Gasteiger partial charge in [0.15, 0.2) is 0 Å². The maximum absolute atomic E-state index is 12.5. The van der Waals surface area contributed by atoms with Crippen LogP contribution in [0.1, 0.15) is 28.0 Å². The van der Waals surface area contributed by atoms with Gasteiger partial charge in [-0.1, -0.05) is 24.1 Å². The molecule has 2 rings (SSSR count). The summed E-state index contributed by atoms with van der Waals surface area (Å²) in [6.07, 6.45) is 2.22. The summed E-state index contributed by atoms with van der Waals surface area (Å²) in [7, 11) is 0. The number of carbonyl (C=O) groups excluding carboxylic acids is 1. The molecule has 1 aromatic heterocycles. The van der Waals surface area contributed by atoms with Crippen LogP contribution in [0.3, 0.4) is 0 Å². The summed E-state index contributed by atoms with van der Waals surface area (Å²) in [5.74, 6) is 5.64. The average molecular weight is 282 g/mol. The fourth-order valence-electron chi connectivity index (χ4n) is 1.73. The second-order valence-corrected chi connectivity index (χ2v) is 4.36. The predicted octanol–water partition coefficient (Wildman–Crippen LogP) is 2.72. The third kappa shape index (κ3) is 4.73. The van der Waals surface area contributed by atoms with Gasteiger partial charge in [0.1, 0.15) is 12.4 Å². The van der Waals surface area contributed by atoms with Crippen molar-refractivity contribution in [1.82, 2.24) is 10.3 Å². The summed E-state index contributed by atoms with van der Waals surface area (Å²) in [6, 6.07) is 12.1. The Labute approximate surface area is 123 Å². The molecular weight excluding hydrogens is 267 g/mol. The minimum atomic E-state index is -0.573. The number of carbonyl (C=O) groups is 1. The Balaban J connectivity index is 1.81. The van der Waals surface area contributed by atoms with Crippen molar-refractivity contribution in [2.45, 2.75) is 13.1 Å². The van der Waals surface area contributed by atoms with Crippen LogP contribution in [-0.2, 0) is 6.67 Å².